The Bertz CT molecular complexity index is 869. The molecule has 0 spiro atoms. The molecule has 0 radical (unpaired) electrons. The molecule has 2 heterocycles. The molecule has 6 heteroatoms. The van der Waals surface area contributed by atoms with E-state index in [1.807, 2.05) is 51.1 Å². The van der Waals surface area contributed by atoms with E-state index < -0.39 is 0 Å². The number of hydrogen-bond acceptors (Lipinski definition) is 4. The summed E-state index contributed by atoms with van der Waals surface area (Å²) in [6.45, 7) is 5.99. The summed E-state index contributed by atoms with van der Waals surface area (Å²) in [7, 11) is 0. The van der Waals surface area contributed by atoms with E-state index in [0.29, 0.717) is 11.4 Å². The number of anilines is 1. The first-order valence-electron chi connectivity index (χ1n) is 8.40. The van der Waals surface area contributed by atoms with Gasteiger partial charge in [0, 0.05) is 24.4 Å². The first-order valence-corrected chi connectivity index (χ1v) is 8.40. The van der Waals surface area contributed by atoms with Gasteiger partial charge in [-0.15, -0.1) is 0 Å². The first kappa shape index (κ1) is 16.8. The lowest BCUT2D eigenvalue weighted by Gasteiger charge is -2.10. The highest BCUT2D eigenvalue weighted by Crippen LogP contribution is 2.24. The lowest BCUT2D eigenvalue weighted by atomic mass is 10.2. The predicted molar refractivity (Wildman–Crippen MR) is 97.0 cm³/mol. The Morgan fingerprint density at radius 2 is 1.76 bits per heavy atom. The van der Waals surface area contributed by atoms with Crippen LogP contribution >= 0.6 is 0 Å². The predicted octanol–water partition coefficient (Wildman–Crippen LogP) is 3.35. The van der Waals surface area contributed by atoms with E-state index in [1.54, 1.807) is 17.1 Å². The molecule has 0 saturated carbocycles. The molecule has 1 N–H and O–H groups in total. The molecule has 3 rings (SSSR count). The number of aryl methyl sites for hydroxylation is 2. The number of para-hydroxylation sites is 1. The van der Waals surface area contributed by atoms with Crippen molar-refractivity contribution >= 4 is 11.7 Å². The quantitative estimate of drug-likeness (QED) is 0.776. The molecular weight excluding hydrogens is 314 g/mol. The molecule has 6 nitrogen and oxygen atoms in total. The summed E-state index contributed by atoms with van der Waals surface area (Å²) in [5.41, 5.74) is 3.25. The molecule has 1 aromatic carbocycles. The average molecular weight is 335 g/mol. The van der Waals surface area contributed by atoms with E-state index in [1.165, 1.54) is 0 Å². The fourth-order valence-electron chi connectivity index (χ4n) is 2.61. The van der Waals surface area contributed by atoms with Crippen LogP contribution in [0, 0.1) is 6.92 Å². The van der Waals surface area contributed by atoms with Crippen molar-refractivity contribution in [2.24, 2.45) is 0 Å². The molecule has 0 aliphatic rings. The third-order valence-corrected chi connectivity index (χ3v) is 4.07. The second kappa shape index (κ2) is 7.25. The highest BCUT2D eigenvalue weighted by Gasteiger charge is 2.18. The second-order valence-electron chi connectivity index (χ2n) is 5.72. The molecule has 25 heavy (non-hydrogen) atoms. The lowest BCUT2D eigenvalue weighted by molar-refractivity contribution is 0.102. The normalized spacial score (nSPS) is 10.7. The van der Waals surface area contributed by atoms with Gasteiger partial charge in [0.05, 0.1) is 16.9 Å². The van der Waals surface area contributed by atoms with Crippen molar-refractivity contribution in [3.8, 4) is 5.69 Å². The van der Waals surface area contributed by atoms with Gasteiger partial charge in [-0.3, -0.25) is 4.79 Å². The second-order valence-corrected chi connectivity index (χ2v) is 5.72. The van der Waals surface area contributed by atoms with Gasteiger partial charge in [0.2, 0.25) is 0 Å². The fourth-order valence-corrected chi connectivity index (χ4v) is 2.61. The minimum atomic E-state index is -0.245. The van der Waals surface area contributed by atoms with E-state index >= 15 is 0 Å². The maximum Gasteiger partial charge on any atom is 0.259 e. The van der Waals surface area contributed by atoms with Gasteiger partial charge in [-0.25, -0.2) is 14.6 Å². The van der Waals surface area contributed by atoms with Crippen LogP contribution in [0.4, 0.5) is 5.82 Å². The van der Waals surface area contributed by atoms with Gasteiger partial charge in [-0.2, -0.15) is 5.10 Å². The molecule has 0 bridgehead atoms. The fraction of sp³-hybridized carbons (Fsp3) is 0.263. The van der Waals surface area contributed by atoms with Gasteiger partial charge in [-0.1, -0.05) is 32.0 Å². The van der Waals surface area contributed by atoms with Gasteiger partial charge < -0.3 is 5.32 Å². The Kier molecular flexibility index (Phi) is 4.88. The summed E-state index contributed by atoms with van der Waals surface area (Å²) in [6.07, 6.45) is 4.64. The minimum absolute atomic E-state index is 0.245. The monoisotopic (exact) mass is 335 g/mol. The third kappa shape index (κ3) is 3.42. The Morgan fingerprint density at radius 1 is 1.08 bits per heavy atom. The number of nitrogens with one attached hydrogen (secondary N) is 1. The highest BCUT2D eigenvalue weighted by molar-refractivity contribution is 6.04. The van der Waals surface area contributed by atoms with E-state index in [2.05, 4.69) is 20.4 Å². The first-order chi connectivity index (χ1) is 12.1. The van der Waals surface area contributed by atoms with Crippen LogP contribution in [0.3, 0.4) is 0 Å². The lowest BCUT2D eigenvalue weighted by Crippen LogP contribution is -2.16. The van der Waals surface area contributed by atoms with Crippen molar-refractivity contribution in [2.75, 3.05) is 5.32 Å². The summed E-state index contributed by atoms with van der Waals surface area (Å²) in [5, 5.41) is 7.61. The van der Waals surface area contributed by atoms with E-state index in [9.17, 15) is 4.79 Å². The number of hydrogen-bond donors (Lipinski definition) is 1. The molecule has 0 aliphatic carbocycles. The maximum atomic E-state index is 12.6. The van der Waals surface area contributed by atoms with Crippen molar-refractivity contribution in [3.63, 3.8) is 0 Å². The standard InChI is InChI=1S/C19H21N5O/c1-4-16-13(3)18(24(23-16)15-9-7-6-8-10-15)22-19(25)14-11-20-17(5-2)21-12-14/h6-12H,4-5H2,1-3H3,(H,22,25). The van der Waals surface area contributed by atoms with Crippen molar-refractivity contribution in [1.29, 1.82) is 0 Å². The third-order valence-electron chi connectivity index (χ3n) is 4.07. The molecule has 128 valence electrons. The van der Waals surface area contributed by atoms with Gasteiger partial charge in [0.1, 0.15) is 11.6 Å². The van der Waals surface area contributed by atoms with Crippen LogP contribution in [0.2, 0.25) is 0 Å². The van der Waals surface area contributed by atoms with Gasteiger partial charge in [0.15, 0.2) is 0 Å². The van der Waals surface area contributed by atoms with Crippen LogP contribution in [-0.2, 0) is 12.8 Å². The van der Waals surface area contributed by atoms with Crippen LogP contribution in [0.25, 0.3) is 5.69 Å². The SMILES string of the molecule is CCc1ncc(C(=O)Nc2c(C)c(CC)nn2-c2ccccc2)cn1. The molecule has 0 fully saturated rings. The zero-order chi connectivity index (χ0) is 17.8. The van der Waals surface area contributed by atoms with Crippen LogP contribution < -0.4 is 5.32 Å². The zero-order valence-corrected chi connectivity index (χ0v) is 14.7. The molecule has 0 atom stereocenters. The summed E-state index contributed by atoms with van der Waals surface area (Å²) >= 11 is 0. The van der Waals surface area contributed by atoms with E-state index in [-0.39, 0.29) is 5.91 Å². The van der Waals surface area contributed by atoms with Crippen molar-refractivity contribution < 1.29 is 4.79 Å². The van der Waals surface area contributed by atoms with Crippen LogP contribution in [0.1, 0.15) is 41.3 Å². The summed E-state index contributed by atoms with van der Waals surface area (Å²) in [5.74, 6) is 1.15. The number of rotatable bonds is 5. The number of nitrogens with zero attached hydrogens (tertiary/aromatic N) is 4. The largest absolute Gasteiger partial charge is 0.306 e. The molecule has 3 aromatic rings. The molecule has 0 aliphatic heterocycles. The topological polar surface area (TPSA) is 72.7 Å². The van der Waals surface area contributed by atoms with Crippen molar-refractivity contribution in [3.05, 3.63) is 65.4 Å². The Hall–Kier alpha value is -3.02. The zero-order valence-electron chi connectivity index (χ0n) is 14.7. The Labute approximate surface area is 146 Å². The van der Waals surface area contributed by atoms with Gasteiger partial charge in [-0.05, 0) is 25.5 Å². The molecule has 0 unspecified atom stereocenters. The summed E-state index contributed by atoms with van der Waals surface area (Å²) in [6, 6.07) is 9.76. The number of carbonyl (C=O) groups excluding carboxylic acids is 1. The number of benzene rings is 1. The summed E-state index contributed by atoms with van der Waals surface area (Å²) in [4.78, 5) is 21.0. The van der Waals surface area contributed by atoms with Crippen molar-refractivity contribution in [1.82, 2.24) is 19.7 Å². The number of aromatic nitrogens is 4. The smallest absolute Gasteiger partial charge is 0.259 e. The molecule has 0 saturated heterocycles. The Balaban J connectivity index is 1.95. The Morgan fingerprint density at radius 3 is 2.36 bits per heavy atom. The van der Waals surface area contributed by atoms with Crippen LogP contribution in [0.5, 0.6) is 0 Å². The molecule has 2 aromatic heterocycles. The average Bonchev–Trinajstić information content (AvgIpc) is 2.98. The van der Waals surface area contributed by atoms with E-state index in [0.717, 1.165) is 35.6 Å². The number of amides is 1. The maximum absolute atomic E-state index is 12.6. The highest BCUT2D eigenvalue weighted by atomic mass is 16.1. The minimum Gasteiger partial charge on any atom is -0.306 e. The van der Waals surface area contributed by atoms with E-state index in [4.69, 9.17) is 0 Å². The molecular formula is C19H21N5O. The molecule has 1 amide bonds. The number of carbonyl (C=O) groups is 1. The summed E-state index contributed by atoms with van der Waals surface area (Å²) < 4.78 is 1.77. The van der Waals surface area contributed by atoms with Gasteiger partial charge in [0.25, 0.3) is 5.91 Å². The van der Waals surface area contributed by atoms with Crippen molar-refractivity contribution in [2.45, 2.75) is 33.6 Å². The van der Waals surface area contributed by atoms with Crippen LogP contribution in [0.15, 0.2) is 42.7 Å². The van der Waals surface area contributed by atoms with Gasteiger partial charge >= 0.3 is 0 Å². The van der Waals surface area contributed by atoms with Crippen LogP contribution in [-0.4, -0.2) is 25.7 Å².